The smallest absolute Gasteiger partial charge is 0.206 e. The van der Waals surface area contributed by atoms with E-state index in [1.54, 1.807) is 10.4 Å². The van der Waals surface area contributed by atoms with Gasteiger partial charge in [-0.2, -0.15) is 4.31 Å². The van der Waals surface area contributed by atoms with Gasteiger partial charge in [0.1, 0.15) is 4.21 Å². The van der Waals surface area contributed by atoms with Gasteiger partial charge in [0.05, 0.1) is 3.79 Å². The summed E-state index contributed by atoms with van der Waals surface area (Å²) < 4.78 is 28.5. The second-order valence-electron chi connectivity index (χ2n) is 5.19. The number of rotatable bonds is 2. The van der Waals surface area contributed by atoms with Crippen molar-refractivity contribution in [2.24, 2.45) is 0 Å². The summed E-state index contributed by atoms with van der Waals surface area (Å²) in [6.45, 7) is 3.01. The first-order chi connectivity index (χ1) is 9.98. The average molecular weight is 386 g/mol. The Labute approximate surface area is 137 Å². The van der Waals surface area contributed by atoms with Crippen LogP contribution in [0.3, 0.4) is 0 Å². The number of thiophene rings is 1. The summed E-state index contributed by atoms with van der Waals surface area (Å²) in [5.74, 6) is 0. The van der Waals surface area contributed by atoms with Crippen molar-refractivity contribution in [1.82, 2.24) is 4.31 Å². The molecule has 0 bridgehead atoms. The number of hydrogen-bond donors (Lipinski definition) is 0. The first kappa shape index (κ1) is 15.2. The van der Waals surface area contributed by atoms with Gasteiger partial charge in [0.15, 0.2) is 0 Å². The predicted octanol–water partition coefficient (Wildman–Crippen LogP) is 3.61. The van der Waals surface area contributed by atoms with Crippen molar-refractivity contribution in [2.75, 3.05) is 13.1 Å². The molecule has 0 saturated carbocycles. The number of benzene rings is 1. The van der Waals surface area contributed by atoms with Gasteiger partial charge in [-0.1, -0.05) is 24.3 Å². The highest BCUT2D eigenvalue weighted by atomic mass is 79.9. The van der Waals surface area contributed by atoms with Crippen LogP contribution in [0.1, 0.15) is 16.7 Å². The number of fused-ring (bicyclic) bond motifs is 1. The molecule has 0 aliphatic carbocycles. The molecule has 1 aliphatic heterocycles. The van der Waals surface area contributed by atoms with Crippen molar-refractivity contribution in [3.8, 4) is 0 Å². The lowest BCUT2D eigenvalue weighted by Gasteiger charge is -2.18. The van der Waals surface area contributed by atoms with Crippen LogP contribution in [-0.4, -0.2) is 25.8 Å². The largest absolute Gasteiger partial charge is 0.252 e. The van der Waals surface area contributed by atoms with Gasteiger partial charge in [0, 0.05) is 13.1 Å². The molecule has 112 valence electrons. The highest BCUT2D eigenvalue weighted by molar-refractivity contribution is 9.11. The van der Waals surface area contributed by atoms with Crippen molar-refractivity contribution in [2.45, 2.75) is 24.0 Å². The summed E-state index contributed by atoms with van der Waals surface area (Å²) in [5.41, 5.74) is 3.49. The summed E-state index contributed by atoms with van der Waals surface area (Å²) in [5, 5.41) is 0. The molecular weight excluding hydrogens is 370 g/mol. The van der Waals surface area contributed by atoms with E-state index in [2.05, 4.69) is 28.1 Å². The molecule has 3 nitrogen and oxygen atoms in total. The normalized spacial score (nSPS) is 16.5. The van der Waals surface area contributed by atoms with Gasteiger partial charge in [0.25, 0.3) is 10.0 Å². The maximum Gasteiger partial charge on any atom is 0.252 e. The maximum absolute atomic E-state index is 12.8. The molecule has 0 saturated heterocycles. The fourth-order valence-corrected chi connectivity index (χ4v) is 6.40. The summed E-state index contributed by atoms with van der Waals surface area (Å²) >= 11 is 4.70. The van der Waals surface area contributed by atoms with E-state index in [0.717, 1.165) is 22.2 Å². The first-order valence-electron chi connectivity index (χ1n) is 6.81. The van der Waals surface area contributed by atoms with Gasteiger partial charge in [-0.15, -0.1) is 11.3 Å². The molecular formula is C15H16BrNO2S2. The molecule has 0 N–H and O–H groups in total. The molecule has 1 aromatic heterocycles. The van der Waals surface area contributed by atoms with E-state index in [9.17, 15) is 8.42 Å². The predicted molar refractivity (Wildman–Crippen MR) is 89.4 cm³/mol. The second kappa shape index (κ2) is 5.83. The minimum atomic E-state index is -3.38. The lowest BCUT2D eigenvalue weighted by molar-refractivity contribution is 0.428. The fraction of sp³-hybridized carbons (Fsp3) is 0.333. The molecule has 0 fully saturated rings. The summed E-state index contributed by atoms with van der Waals surface area (Å²) in [6.07, 6.45) is 1.56. The quantitative estimate of drug-likeness (QED) is 0.791. The van der Waals surface area contributed by atoms with E-state index >= 15 is 0 Å². The minimum absolute atomic E-state index is 0.429. The number of halogens is 1. The molecule has 2 heterocycles. The third kappa shape index (κ3) is 2.95. The number of aryl methyl sites for hydroxylation is 1. The van der Waals surface area contributed by atoms with Crippen LogP contribution in [0.15, 0.2) is 38.3 Å². The summed E-state index contributed by atoms with van der Waals surface area (Å²) in [4.78, 5) is 0. The molecule has 2 aromatic rings. The third-order valence-corrected chi connectivity index (χ3v) is 8.29. The van der Waals surface area contributed by atoms with Crippen LogP contribution in [0, 0.1) is 6.92 Å². The SMILES string of the molecule is Cc1cc(S(=O)(=O)N2CCc3ccccc3CC2)sc1Br. The van der Waals surface area contributed by atoms with Crippen LogP contribution in [0.2, 0.25) is 0 Å². The van der Waals surface area contributed by atoms with E-state index in [0.29, 0.717) is 17.3 Å². The molecule has 6 heteroatoms. The van der Waals surface area contributed by atoms with Crippen LogP contribution in [-0.2, 0) is 22.9 Å². The Morgan fingerprint density at radius 3 is 2.19 bits per heavy atom. The Kier molecular flexibility index (Phi) is 4.23. The molecule has 21 heavy (non-hydrogen) atoms. The van der Waals surface area contributed by atoms with Gasteiger partial charge in [-0.3, -0.25) is 0 Å². The highest BCUT2D eigenvalue weighted by Gasteiger charge is 2.28. The summed E-state index contributed by atoms with van der Waals surface area (Å²) in [6, 6.07) is 9.97. The van der Waals surface area contributed by atoms with E-state index in [1.165, 1.54) is 22.5 Å². The molecule has 0 atom stereocenters. The lowest BCUT2D eigenvalue weighted by atomic mass is 10.0. The van der Waals surface area contributed by atoms with Gasteiger partial charge in [0.2, 0.25) is 0 Å². The summed E-state index contributed by atoms with van der Waals surface area (Å²) in [7, 11) is -3.38. The Hall–Kier alpha value is -0.690. The van der Waals surface area contributed by atoms with E-state index < -0.39 is 10.0 Å². The van der Waals surface area contributed by atoms with Crippen molar-refractivity contribution in [3.63, 3.8) is 0 Å². The maximum atomic E-state index is 12.8. The Morgan fingerprint density at radius 2 is 1.71 bits per heavy atom. The first-order valence-corrected chi connectivity index (χ1v) is 9.86. The van der Waals surface area contributed by atoms with Crippen molar-refractivity contribution in [3.05, 3.63) is 50.8 Å². The third-order valence-electron chi connectivity index (χ3n) is 3.81. The van der Waals surface area contributed by atoms with Crippen LogP contribution >= 0.6 is 27.3 Å². The van der Waals surface area contributed by atoms with Crippen molar-refractivity contribution in [1.29, 1.82) is 0 Å². The lowest BCUT2D eigenvalue weighted by Crippen LogP contribution is -2.32. The molecule has 0 amide bonds. The van der Waals surface area contributed by atoms with E-state index in [1.807, 2.05) is 19.1 Å². The monoisotopic (exact) mass is 385 g/mol. The molecule has 1 aliphatic rings. The molecule has 0 spiro atoms. The average Bonchev–Trinajstić information content (AvgIpc) is 2.69. The van der Waals surface area contributed by atoms with Gasteiger partial charge >= 0.3 is 0 Å². The molecule has 3 rings (SSSR count). The van der Waals surface area contributed by atoms with Crippen LogP contribution in [0.4, 0.5) is 0 Å². The zero-order chi connectivity index (χ0) is 15.0. The molecule has 0 radical (unpaired) electrons. The van der Waals surface area contributed by atoms with E-state index in [4.69, 9.17) is 0 Å². The molecule has 1 aromatic carbocycles. The zero-order valence-corrected chi connectivity index (χ0v) is 14.9. The Bertz CT molecular complexity index is 721. The number of nitrogens with zero attached hydrogens (tertiary/aromatic N) is 1. The standard InChI is InChI=1S/C15H16BrNO2S2/c1-11-10-14(20-15(11)16)21(18,19)17-8-6-12-4-2-3-5-13(12)7-9-17/h2-5,10H,6-9H2,1H3. The fourth-order valence-electron chi connectivity index (χ4n) is 2.57. The topological polar surface area (TPSA) is 37.4 Å². The molecule has 0 unspecified atom stereocenters. The van der Waals surface area contributed by atoms with Crippen molar-refractivity contribution >= 4 is 37.3 Å². The van der Waals surface area contributed by atoms with Crippen LogP contribution in [0.5, 0.6) is 0 Å². The Balaban J connectivity index is 1.88. The number of hydrogen-bond acceptors (Lipinski definition) is 3. The highest BCUT2D eigenvalue weighted by Crippen LogP contribution is 2.33. The minimum Gasteiger partial charge on any atom is -0.206 e. The van der Waals surface area contributed by atoms with Gasteiger partial charge in [-0.05, 0) is 58.5 Å². The van der Waals surface area contributed by atoms with E-state index in [-0.39, 0.29) is 0 Å². The van der Waals surface area contributed by atoms with Gasteiger partial charge in [-0.25, -0.2) is 8.42 Å². The second-order valence-corrected chi connectivity index (χ2v) is 9.73. The van der Waals surface area contributed by atoms with Crippen LogP contribution < -0.4 is 0 Å². The Morgan fingerprint density at radius 1 is 1.14 bits per heavy atom. The number of sulfonamides is 1. The van der Waals surface area contributed by atoms with Gasteiger partial charge < -0.3 is 0 Å². The van der Waals surface area contributed by atoms with Crippen molar-refractivity contribution < 1.29 is 8.42 Å². The zero-order valence-electron chi connectivity index (χ0n) is 11.7. The van der Waals surface area contributed by atoms with Crippen LogP contribution in [0.25, 0.3) is 0 Å².